The van der Waals surface area contributed by atoms with Crippen molar-refractivity contribution in [3.8, 4) is 0 Å². The Hall–Kier alpha value is -3.65. The highest BCUT2D eigenvalue weighted by Crippen LogP contribution is 2.37. The Morgan fingerprint density at radius 3 is 2.49 bits per heavy atom. The summed E-state index contributed by atoms with van der Waals surface area (Å²) in [7, 11) is 1.38. The number of nitrogens with zero attached hydrogens (tertiary/aromatic N) is 2. The Bertz CT molecular complexity index is 1400. The number of amides is 2. The molecule has 2 aromatic carbocycles. The highest BCUT2D eigenvalue weighted by atomic mass is 16.5. The fourth-order valence-electron chi connectivity index (χ4n) is 7.17. The van der Waals surface area contributed by atoms with Crippen LogP contribution in [0.3, 0.4) is 0 Å². The lowest BCUT2D eigenvalue weighted by atomic mass is 9.79. The molecule has 6 rings (SSSR count). The van der Waals surface area contributed by atoms with Gasteiger partial charge in [-0.3, -0.25) is 14.5 Å². The number of methoxy groups -OCH3 is 1. The number of carbonyl (C=O) groups is 3. The molecular weight excluding hydrogens is 516 g/mol. The molecule has 0 radical (unpaired) electrons. The maximum absolute atomic E-state index is 14.1. The van der Waals surface area contributed by atoms with Crippen LogP contribution in [0.4, 0.5) is 0 Å². The summed E-state index contributed by atoms with van der Waals surface area (Å²) in [5, 5.41) is 4.27. The first-order chi connectivity index (χ1) is 20.0. The van der Waals surface area contributed by atoms with Crippen LogP contribution >= 0.6 is 0 Å². The fourth-order valence-corrected chi connectivity index (χ4v) is 7.17. The molecule has 2 saturated heterocycles. The van der Waals surface area contributed by atoms with Gasteiger partial charge in [0, 0.05) is 43.3 Å². The molecule has 1 spiro atoms. The van der Waals surface area contributed by atoms with Gasteiger partial charge in [-0.25, -0.2) is 4.79 Å². The van der Waals surface area contributed by atoms with E-state index in [0.29, 0.717) is 44.0 Å². The Morgan fingerprint density at radius 1 is 1.00 bits per heavy atom. The summed E-state index contributed by atoms with van der Waals surface area (Å²) in [6, 6.07) is 15.2. The summed E-state index contributed by atoms with van der Waals surface area (Å²) in [5.74, 6) is 0.236. The van der Waals surface area contributed by atoms with Crippen LogP contribution in [0.25, 0.3) is 10.9 Å². The number of piperidine rings is 1. The number of likely N-dealkylation sites (tertiary alicyclic amines) is 1. The monoisotopic (exact) mass is 556 g/mol. The standard InChI is InChI=1S/C33H40N4O4/c1-41-31(39)25-12-13-27-26(20-34-28(27)19-25)22-36-16-14-33(15-17-36)32(40)35-29(18-23-8-4-2-5-9-23)30(38)37(33)21-24-10-6-3-7-11-24/h3,6-7,10-13,19-20,23,29,34H,2,4-5,8-9,14-18,21-22H2,1H3,(H,35,40). The minimum Gasteiger partial charge on any atom is -0.465 e. The number of hydrogen-bond donors (Lipinski definition) is 2. The largest absolute Gasteiger partial charge is 0.465 e. The molecule has 3 aliphatic rings. The van der Waals surface area contributed by atoms with Crippen LogP contribution in [0.2, 0.25) is 0 Å². The zero-order chi connectivity index (χ0) is 28.4. The SMILES string of the molecule is COC(=O)c1ccc2c(CN3CCC4(CC3)C(=O)NC(CC3CCCCC3)C(=O)N4Cc3ccccc3)c[nH]c2c1. The van der Waals surface area contributed by atoms with E-state index in [1.807, 2.05) is 53.6 Å². The van der Waals surface area contributed by atoms with E-state index in [4.69, 9.17) is 4.74 Å². The quantitative estimate of drug-likeness (QED) is 0.408. The second-order valence-corrected chi connectivity index (χ2v) is 12.0. The van der Waals surface area contributed by atoms with E-state index < -0.39 is 11.6 Å². The van der Waals surface area contributed by atoms with Gasteiger partial charge in [-0.2, -0.15) is 0 Å². The maximum atomic E-state index is 14.1. The van der Waals surface area contributed by atoms with Crippen LogP contribution < -0.4 is 5.32 Å². The van der Waals surface area contributed by atoms with E-state index in [9.17, 15) is 14.4 Å². The van der Waals surface area contributed by atoms with Crippen molar-refractivity contribution in [2.75, 3.05) is 20.2 Å². The first kappa shape index (κ1) is 27.5. The molecule has 2 N–H and O–H groups in total. The number of piperazine rings is 1. The molecule has 8 nitrogen and oxygen atoms in total. The lowest BCUT2D eigenvalue weighted by Crippen LogP contribution is -2.72. The average Bonchev–Trinajstić information content (AvgIpc) is 3.41. The molecule has 3 fully saturated rings. The fraction of sp³-hybridized carbons (Fsp3) is 0.485. The minimum absolute atomic E-state index is 0.0101. The molecule has 1 saturated carbocycles. The van der Waals surface area contributed by atoms with Crippen molar-refractivity contribution >= 4 is 28.7 Å². The molecule has 3 aromatic rings. The highest BCUT2D eigenvalue weighted by molar-refractivity contribution is 6.00. The molecule has 1 aliphatic carbocycles. The predicted octanol–water partition coefficient (Wildman–Crippen LogP) is 4.79. The number of benzene rings is 2. The summed E-state index contributed by atoms with van der Waals surface area (Å²) < 4.78 is 4.85. The summed E-state index contributed by atoms with van der Waals surface area (Å²) in [6.45, 7) is 2.61. The molecule has 1 aromatic heterocycles. The van der Waals surface area contributed by atoms with Gasteiger partial charge < -0.3 is 19.9 Å². The Kier molecular flexibility index (Phi) is 7.84. The van der Waals surface area contributed by atoms with Gasteiger partial charge in [-0.15, -0.1) is 0 Å². The number of aromatic amines is 1. The van der Waals surface area contributed by atoms with Gasteiger partial charge in [-0.1, -0.05) is 68.5 Å². The number of hydrogen-bond acceptors (Lipinski definition) is 5. The number of fused-ring (bicyclic) bond motifs is 1. The Morgan fingerprint density at radius 2 is 1.76 bits per heavy atom. The van der Waals surface area contributed by atoms with Crippen molar-refractivity contribution in [2.24, 2.45) is 5.92 Å². The van der Waals surface area contributed by atoms with Crippen molar-refractivity contribution in [3.63, 3.8) is 0 Å². The molecule has 216 valence electrons. The number of rotatable bonds is 7. The zero-order valence-electron chi connectivity index (χ0n) is 23.9. The topological polar surface area (TPSA) is 94.7 Å². The van der Waals surface area contributed by atoms with Gasteiger partial charge >= 0.3 is 5.97 Å². The lowest BCUT2D eigenvalue weighted by molar-refractivity contribution is -0.163. The third kappa shape index (κ3) is 5.49. The molecule has 1 unspecified atom stereocenters. The molecule has 41 heavy (non-hydrogen) atoms. The highest BCUT2D eigenvalue weighted by Gasteiger charge is 2.53. The van der Waals surface area contributed by atoms with E-state index in [-0.39, 0.29) is 17.8 Å². The molecule has 3 heterocycles. The molecule has 0 bridgehead atoms. The summed E-state index contributed by atoms with van der Waals surface area (Å²) in [4.78, 5) is 47.5. The van der Waals surface area contributed by atoms with Crippen LogP contribution in [-0.4, -0.2) is 64.3 Å². The third-order valence-electron chi connectivity index (χ3n) is 9.55. The van der Waals surface area contributed by atoms with E-state index in [2.05, 4.69) is 15.2 Å². The maximum Gasteiger partial charge on any atom is 0.337 e. The van der Waals surface area contributed by atoms with Gasteiger partial charge in [0.15, 0.2) is 0 Å². The zero-order valence-corrected chi connectivity index (χ0v) is 23.9. The van der Waals surface area contributed by atoms with Crippen molar-refractivity contribution < 1.29 is 19.1 Å². The van der Waals surface area contributed by atoms with Crippen molar-refractivity contribution in [1.29, 1.82) is 0 Å². The van der Waals surface area contributed by atoms with Gasteiger partial charge in [0.05, 0.1) is 12.7 Å². The predicted molar refractivity (Wildman–Crippen MR) is 157 cm³/mol. The van der Waals surface area contributed by atoms with E-state index in [1.165, 1.54) is 26.4 Å². The normalized spacial score (nSPS) is 21.8. The number of aromatic nitrogens is 1. The molecular formula is C33H40N4O4. The first-order valence-corrected chi connectivity index (χ1v) is 15.0. The van der Waals surface area contributed by atoms with E-state index in [1.54, 1.807) is 6.07 Å². The van der Waals surface area contributed by atoms with Crippen molar-refractivity contribution in [2.45, 2.75) is 76.0 Å². The van der Waals surface area contributed by atoms with Crippen LogP contribution in [0, 0.1) is 5.92 Å². The molecule has 2 amide bonds. The number of carbonyl (C=O) groups excluding carboxylic acids is 3. The first-order valence-electron chi connectivity index (χ1n) is 15.0. The van der Waals surface area contributed by atoms with Crippen molar-refractivity contribution in [1.82, 2.24) is 20.1 Å². The third-order valence-corrected chi connectivity index (χ3v) is 9.55. The smallest absolute Gasteiger partial charge is 0.337 e. The van der Waals surface area contributed by atoms with Crippen LogP contribution in [0.15, 0.2) is 54.7 Å². The minimum atomic E-state index is -0.831. The molecule has 2 aliphatic heterocycles. The van der Waals surface area contributed by atoms with Gasteiger partial charge in [-0.05, 0) is 48.4 Å². The lowest BCUT2D eigenvalue weighted by Gasteiger charge is -2.52. The van der Waals surface area contributed by atoms with Gasteiger partial charge in [0.2, 0.25) is 11.8 Å². The van der Waals surface area contributed by atoms with E-state index >= 15 is 0 Å². The molecule has 1 atom stereocenters. The van der Waals surface area contributed by atoms with Gasteiger partial charge in [0.25, 0.3) is 0 Å². The number of H-pyrrole nitrogens is 1. The van der Waals surface area contributed by atoms with Crippen LogP contribution in [0.1, 0.15) is 72.9 Å². The van der Waals surface area contributed by atoms with E-state index in [0.717, 1.165) is 47.8 Å². The number of ether oxygens (including phenoxy) is 1. The summed E-state index contributed by atoms with van der Waals surface area (Å²) in [6.07, 6.45) is 9.94. The summed E-state index contributed by atoms with van der Waals surface area (Å²) >= 11 is 0. The Labute approximate surface area is 241 Å². The molecule has 8 heteroatoms. The Balaban J connectivity index is 1.19. The van der Waals surface area contributed by atoms with Crippen LogP contribution in [0.5, 0.6) is 0 Å². The summed E-state index contributed by atoms with van der Waals surface area (Å²) in [5.41, 5.74) is 2.78. The second-order valence-electron chi connectivity index (χ2n) is 12.0. The number of esters is 1. The van der Waals surface area contributed by atoms with Gasteiger partial charge in [0.1, 0.15) is 11.6 Å². The number of nitrogens with one attached hydrogen (secondary N) is 2. The average molecular weight is 557 g/mol. The second kappa shape index (κ2) is 11.7. The van der Waals surface area contributed by atoms with Crippen molar-refractivity contribution in [3.05, 3.63) is 71.4 Å². The van der Waals surface area contributed by atoms with Crippen LogP contribution in [-0.2, 0) is 27.4 Å².